The molecular weight excluding hydrogens is 337 g/mol. The minimum Gasteiger partial charge on any atom is -0.493 e. The van der Waals surface area contributed by atoms with Gasteiger partial charge in [0.15, 0.2) is 6.10 Å². The van der Waals surface area contributed by atoms with Crippen molar-refractivity contribution in [3.63, 3.8) is 0 Å². The van der Waals surface area contributed by atoms with Crippen LogP contribution in [0.1, 0.15) is 25.3 Å². The highest BCUT2D eigenvalue weighted by Crippen LogP contribution is 2.16. The Morgan fingerprint density at radius 3 is 2.46 bits per heavy atom. The van der Waals surface area contributed by atoms with Crippen LogP contribution in [0.2, 0.25) is 0 Å². The van der Waals surface area contributed by atoms with Gasteiger partial charge in [-0.3, -0.25) is 9.59 Å². The maximum atomic E-state index is 12.9. The normalized spacial score (nSPS) is 11.5. The monoisotopic (exact) mass is 359 g/mol. The number of carbonyl (C=O) groups is 2. The second-order valence-corrected chi connectivity index (χ2v) is 5.75. The Bertz CT molecular complexity index is 746. The van der Waals surface area contributed by atoms with E-state index < -0.39 is 23.8 Å². The number of halogens is 1. The van der Waals surface area contributed by atoms with E-state index in [9.17, 15) is 14.0 Å². The summed E-state index contributed by atoms with van der Waals surface area (Å²) in [7, 11) is 0. The van der Waals surface area contributed by atoms with Crippen LogP contribution in [0, 0.1) is 12.7 Å². The Morgan fingerprint density at radius 1 is 1.12 bits per heavy atom. The Hall–Kier alpha value is -2.89. The zero-order valence-corrected chi connectivity index (χ0v) is 14.8. The number of amides is 1. The van der Waals surface area contributed by atoms with Gasteiger partial charge in [0.1, 0.15) is 11.6 Å². The van der Waals surface area contributed by atoms with Gasteiger partial charge in [-0.25, -0.2) is 4.39 Å². The first-order chi connectivity index (χ1) is 12.5. The van der Waals surface area contributed by atoms with Crippen LogP contribution in [0.3, 0.4) is 0 Å². The zero-order chi connectivity index (χ0) is 18.9. The molecule has 1 N–H and O–H groups in total. The van der Waals surface area contributed by atoms with Crippen LogP contribution in [0.25, 0.3) is 0 Å². The molecule has 138 valence electrons. The van der Waals surface area contributed by atoms with Gasteiger partial charge in [0.25, 0.3) is 5.91 Å². The van der Waals surface area contributed by atoms with Crippen LogP contribution in [0.5, 0.6) is 5.75 Å². The topological polar surface area (TPSA) is 64.6 Å². The fraction of sp³-hybridized carbons (Fsp3) is 0.300. The number of hydrogen-bond donors (Lipinski definition) is 1. The maximum Gasteiger partial charge on any atom is 0.310 e. The van der Waals surface area contributed by atoms with Crippen LogP contribution >= 0.6 is 0 Å². The maximum absolute atomic E-state index is 12.9. The lowest BCUT2D eigenvalue weighted by Gasteiger charge is -2.16. The second kappa shape index (κ2) is 9.56. The SMILES string of the molecule is CC[C@H](OC(=O)CCOc1ccccc1C)C(=O)Nc1ccc(F)cc1. The molecule has 2 aromatic carbocycles. The molecule has 0 aliphatic rings. The molecule has 1 amide bonds. The lowest BCUT2D eigenvalue weighted by Crippen LogP contribution is -2.32. The van der Waals surface area contributed by atoms with E-state index in [-0.39, 0.29) is 13.0 Å². The van der Waals surface area contributed by atoms with E-state index >= 15 is 0 Å². The van der Waals surface area contributed by atoms with Crippen LogP contribution in [0.15, 0.2) is 48.5 Å². The predicted molar refractivity (Wildman–Crippen MR) is 96.5 cm³/mol. The third kappa shape index (κ3) is 5.88. The highest BCUT2D eigenvalue weighted by molar-refractivity contribution is 5.95. The van der Waals surface area contributed by atoms with E-state index in [1.54, 1.807) is 6.92 Å². The molecular formula is C20H22FNO4. The fourth-order valence-electron chi connectivity index (χ4n) is 2.26. The van der Waals surface area contributed by atoms with Gasteiger partial charge in [-0.1, -0.05) is 25.1 Å². The number of anilines is 1. The van der Waals surface area contributed by atoms with Gasteiger partial charge in [-0.05, 0) is 49.2 Å². The molecule has 0 unspecified atom stereocenters. The van der Waals surface area contributed by atoms with E-state index in [1.807, 2.05) is 31.2 Å². The van der Waals surface area contributed by atoms with Crippen LogP contribution in [0.4, 0.5) is 10.1 Å². The second-order valence-electron chi connectivity index (χ2n) is 5.75. The average molecular weight is 359 g/mol. The Balaban J connectivity index is 1.80. The number of hydrogen-bond acceptors (Lipinski definition) is 4. The highest BCUT2D eigenvalue weighted by Gasteiger charge is 2.21. The van der Waals surface area contributed by atoms with Gasteiger partial charge in [0, 0.05) is 5.69 Å². The van der Waals surface area contributed by atoms with E-state index in [4.69, 9.17) is 9.47 Å². The first-order valence-corrected chi connectivity index (χ1v) is 8.44. The number of benzene rings is 2. The molecule has 1 atom stereocenters. The number of nitrogens with one attached hydrogen (secondary N) is 1. The molecule has 0 spiro atoms. The number of rotatable bonds is 8. The smallest absolute Gasteiger partial charge is 0.310 e. The van der Waals surface area contributed by atoms with Crippen LogP contribution in [-0.2, 0) is 14.3 Å². The number of ether oxygens (including phenoxy) is 2. The summed E-state index contributed by atoms with van der Waals surface area (Å²) >= 11 is 0. The Labute approximate surface area is 152 Å². The van der Waals surface area contributed by atoms with Gasteiger partial charge in [-0.15, -0.1) is 0 Å². The molecule has 0 bridgehead atoms. The van der Waals surface area contributed by atoms with Crippen molar-refractivity contribution in [1.82, 2.24) is 0 Å². The lowest BCUT2D eigenvalue weighted by molar-refractivity contribution is -0.154. The first-order valence-electron chi connectivity index (χ1n) is 8.44. The molecule has 0 aromatic heterocycles. The van der Waals surface area contributed by atoms with Gasteiger partial charge >= 0.3 is 5.97 Å². The summed E-state index contributed by atoms with van der Waals surface area (Å²) < 4.78 is 23.7. The summed E-state index contributed by atoms with van der Waals surface area (Å²) in [5.41, 5.74) is 1.42. The zero-order valence-electron chi connectivity index (χ0n) is 14.8. The summed E-state index contributed by atoms with van der Waals surface area (Å²) in [5, 5.41) is 2.60. The Kier molecular flexibility index (Phi) is 7.14. The van der Waals surface area contributed by atoms with Crippen molar-refractivity contribution < 1.29 is 23.5 Å². The molecule has 0 aliphatic carbocycles. The molecule has 5 nitrogen and oxygen atoms in total. The van der Waals surface area contributed by atoms with Crippen molar-refractivity contribution in [3.8, 4) is 5.75 Å². The van der Waals surface area contributed by atoms with Crippen molar-refractivity contribution in [2.75, 3.05) is 11.9 Å². The molecule has 0 aliphatic heterocycles. The summed E-state index contributed by atoms with van der Waals surface area (Å²) in [6.07, 6.45) is -0.544. The molecule has 0 heterocycles. The minimum atomic E-state index is -0.911. The number of aryl methyl sites for hydroxylation is 1. The van der Waals surface area contributed by atoms with E-state index in [0.29, 0.717) is 17.9 Å². The van der Waals surface area contributed by atoms with Crippen molar-refractivity contribution >= 4 is 17.6 Å². The first kappa shape index (κ1) is 19.4. The quantitative estimate of drug-likeness (QED) is 0.727. The molecule has 6 heteroatoms. The summed E-state index contributed by atoms with van der Waals surface area (Å²) in [4.78, 5) is 24.1. The molecule has 0 fully saturated rings. The summed E-state index contributed by atoms with van der Waals surface area (Å²) in [6, 6.07) is 12.9. The average Bonchev–Trinajstić information content (AvgIpc) is 2.63. The molecule has 2 rings (SSSR count). The third-order valence-electron chi connectivity index (χ3n) is 3.71. The largest absolute Gasteiger partial charge is 0.493 e. The van der Waals surface area contributed by atoms with E-state index in [1.165, 1.54) is 24.3 Å². The summed E-state index contributed by atoms with van der Waals surface area (Å²) in [6.45, 7) is 3.83. The van der Waals surface area contributed by atoms with Gasteiger partial charge < -0.3 is 14.8 Å². The number of para-hydroxylation sites is 1. The number of esters is 1. The molecule has 2 aromatic rings. The standard InChI is InChI=1S/C20H22FNO4/c1-3-17(20(24)22-16-10-8-15(21)9-11-16)26-19(23)12-13-25-18-7-5-4-6-14(18)2/h4-11,17H,3,12-13H2,1-2H3,(H,22,24)/t17-/m0/s1. The van der Waals surface area contributed by atoms with Gasteiger partial charge in [-0.2, -0.15) is 0 Å². The van der Waals surface area contributed by atoms with E-state index in [0.717, 1.165) is 5.56 Å². The fourth-order valence-corrected chi connectivity index (χ4v) is 2.26. The summed E-state index contributed by atoms with van der Waals surface area (Å²) in [5.74, 6) is -0.650. The van der Waals surface area contributed by atoms with Crippen molar-refractivity contribution in [3.05, 3.63) is 59.9 Å². The van der Waals surface area contributed by atoms with Crippen LogP contribution < -0.4 is 10.1 Å². The van der Waals surface area contributed by atoms with Gasteiger partial charge in [0.2, 0.25) is 0 Å². The van der Waals surface area contributed by atoms with E-state index in [2.05, 4.69) is 5.32 Å². The Morgan fingerprint density at radius 2 is 1.81 bits per heavy atom. The highest BCUT2D eigenvalue weighted by atomic mass is 19.1. The minimum absolute atomic E-state index is 0.0364. The number of carbonyl (C=O) groups excluding carboxylic acids is 2. The predicted octanol–water partition coefficient (Wildman–Crippen LogP) is 3.86. The van der Waals surface area contributed by atoms with Crippen molar-refractivity contribution in [1.29, 1.82) is 0 Å². The lowest BCUT2D eigenvalue weighted by atomic mass is 10.2. The van der Waals surface area contributed by atoms with Crippen molar-refractivity contribution in [2.24, 2.45) is 0 Å². The molecule has 0 radical (unpaired) electrons. The van der Waals surface area contributed by atoms with Crippen molar-refractivity contribution in [2.45, 2.75) is 32.8 Å². The van der Waals surface area contributed by atoms with Crippen LogP contribution in [-0.4, -0.2) is 24.6 Å². The molecule has 26 heavy (non-hydrogen) atoms. The third-order valence-corrected chi connectivity index (χ3v) is 3.71. The van der Waals surface area contributed by atoms with Gasteiger partial charge in [0.05, 0.1) is 13.0 Å². The molecule has 0 saturated carbocycles. The molecule has 0 saturated heterocycles.